The van der Waals surface area contributed by atoms with Gasteiger partial charge in [0.25, 0.3) is 0 Å². The highest BCUT2D eigenvalue weighted by atomic mass is 15.2. The van der Waals surface area contributed by atoms with Gasteiger partial charge < -0.3 is 4.90 Å². The predicted octanol–water partition coefficient (Wildman–Crippen LogP) is 1.66. The normalized spacial score (nSPS) is 18.7. The van der Waals surface area contributed by atoms with E-state index >= 15 is 0 Å². The summed E-state index contributed by atoms with van der Waals surface area (Å²) in [7, 11) is 0. The SMILES string of the molecule is CCC(C)N1CCCN(c2cncnc2C#N)CC1. The Morgan fingerprint density at radius 1 is 1.37 bits per heavy atom. The molecule has 0 spiro atoms. The molecule has 1 aromatic heterocycles. The molecule has 102 valence electrons. The Morgan fingerprint density at radius 2 is 2.21 bits per heavy atom. The average Bonchev–Trinajstić information content (AvgIpc) is 2.72. The highest BCUT2D eigenvalue weighted by Gasteiger charge is 2.20. The van der Waals surface area contributed by atoms with E-state index in [1.165, 1.54) is 12.7 Å². The monoisotopic (exact) mass is 259 g/mol. The Hall–Kier alpha value is -1.67. The lowest BCUT2D eigenvalue weighted by Crippen LogP contribution is -2.36. The maximum Gasteiger partial charge on any atom is 0.167 e. The van der Waals surface area contributed by atoms with Gasteiger partial charge in [0.05, 0.1) is 11.9 Å². The number of hydrogen-bond donors (Lipinski definition) is 0. The third kappa shape index (κ3) is 3.21. The first kappa shape index (κ1) is 13.8. The molecule has 1 aliphatic rings. The fraction of sp³-hybridized carbons (Fsp3) is 0.643. The Morgan fingerprint density at radius 3 is 2.95 bits per heavy atom. The molecular weight excluding hydrogens is 238 g/mol. The second kappa shape index (κ2) is 6.48. The third-order valence-electron chi connectivity index (χ3n) is 3.88. The molecule has 1 unspecified atom stereocenters. The van der Waals surface area contributed by atoms with Crippen LogP contribution in [0.4, 0.5) is 5.69 Å². The van der Waals surface area contributed by atoms with Crippen LogP contribution < -0.4 is 4.90 Å². The molecule has 5 heteroatoms. The van der Waals surface area contributed by atoms with Crippen LogP contribution in [0, 0.1) is 11.3 Å². The van der Waals surface area contributed by atoms with Crippen LogP contribution >= 0.6 is 0 Å². The van der Waals surface area contributed by atoms with Crippen molar-refractivity contribution in [2.75, 3.05) is 31.1 Å². The van der Waals surface area contributed by atoms with Gasteiger partial charge in [-0.15, -0.1) is 0 Å². The standard InChI is InChI=1S/C14H21N5/c1-3-12(2)18-5-4-6-19(8-7-18)14-10-16-11-17-13(14)9-15/h10-12H,3-8H2,1-2H3. The van der Waals surface area contributed by atoms with Crippen LogP contribution in [0.15, 0.2) is 12.5 Å². The van der Waals surface area contributed by atoms with Gasteiger partial charge in [0.2, 0.25) is 0 Å². The van der Waals surface area contributed by atoms with Gasteiger partial charge in [-0.05, 0) is 19.8 Å². The van der Waals surface area contributed by atoms with Crippen molar-refractivity contribution >= 4 is 5.69 Å². The van der Waals surface area contributed by atoms with E-state index in [0.29, 0.717) is 11.7 Å². The van der Waals surface area contributed by atoms with E-state index in [-0.39, 0.29) is 0 Å². The fourth-order valence-electron chi connectivity index (χ4n) is 2.52. The number of rotatable bonds is 3. The molecule has 0 bridgehead atoms. The third-order valence-corrected chi connectivity index (χ3v) is 3.88. The largest absolute Gasteiger partial charge is 0.367 e. The van der Waals surface area contributed by atoms with Gasteiger partial charge in [0, 0.05) is 32.2 Å². The molecule has 1 saturated heterocycles. The predicted molar refractivity (Wildman–Crippen MR) is 74.9 cm³/mol. The van der Waals surface area contributed by atoms with Crippen molar-refractivity contribution in [3.8, 4) is 6.07 Å². The highest BCUT2D eigenvalue weighted by Crippen LogP contribution is 2.19. The van der Waals surface area contributed by atoms with Gasteiger partial charge in [-0.25, -0.2) is 9.97 Å². The lowest BCUT2D eigenvalue weighted by Gasteiger charge is -2.27. The number of nitriles is 1. The zero-order valence-electron chi connectivity index (χ0n) is 11.7. The van der Waals surface area contributed by atoms with E-state index in [1.54, 1.807) is 6.20 Å². The Balaban J connectivity index is 2.09. The number of anilines is 1. The maximum atomic E-state index is 9.12. The highest BCUT2D eigenvalue weighted by molar-refractivity contribution is 5.54. The minimum Gasteiger partial charge on any atom is -0.367 e. The molecule has 0 N–H and O–H groups in total. The number of hydrogen-bond acceptors (Lipinski definition) is 5. The van der Waals surface area contributed by atoms with E-state index < -0.39 is 0 Å². The molecular formula is C14H21N5. The summed E-state index contributed by atoms with van der Waals surface area (Å²) in [6, 6.07) is 2.78. The molecule has 0 radical (unpaired) electrons. The summed E-state index contributed by atoms with van der Waals surface area (Å²) < 4.78 is 0. The maximum absolute atomic E-state index is 9.12. The van der Waals surface area contributed by atoms with Gasteiger partial charge in [-0.1, -0.05) is 6.92 Å². The molecule has 0 aromatic carbocycles. The second-order valence-electron chi connectivity index (χ2n) is 5.00. The topological polar surface area (TPSA) is 56.1 Å². The van der Waals surface area contributed by atoms with Crippen LogP contribution in [0.1, 0.15) is 32.4 Å². The van der Waals surface area contributed by atoms with E-state index in [1.807, 2.05) is 0 Å². The molecule has 19 heavy (non-hydrogen) atoms. The minimum atomic E-state index is 0.479. The van der Waals surface area contributed by atoms with Crippen molar-refractivity contribution < 1.29 is 0 Å². The summed E-state index contributed by atoms with van der Waals surface area (Å²) >= 11 is 0. The first-order chi connectivity index (χ1) is 9.26. The zero-order valence-corrected chi connectivity index (χ0v) is 11.7. The molecule has 1 aromatic rings. The molecule has 1 fully saturated rings. The number of aromatic nitrogens is 2. The summed E-state index contributed by atoms with van der Waals surface area (Å²) in [6.45, 7) is 8.57. The lowest BCUT2D eigenvalue weighted by molar-refractivity contribution is 0.219. The first-order valence-corrected chi connectivity index (χ1v) is 6.95. The van der Waals surface area contributed by atoms with Crippen LogP contribution in [0.3, 0.4) is 0 Å². The van der Waals surface area contributed by atoms with Gasteiger partial charge in [-0.3, -0.25) is 4.90 Å². The summed E-state index contributed by atoms with van der Waals surface area (Å²) in [5, 5.41) is 9.12. The lowest BCUT2D eigenvalue weighted by atomic mass is 10.2. The Kier molecular flexibility index (Phi) is 4.69. The van der Waals surface area contributed by atoms with E-state index in [0.717, 1.165) is 38.3 Å². The smallest absolute Gasteiger partial charge is 0.167 e. The van der Waals surface area contributed by atoms with Crippen molar-refractivity contribution in [1.29, 1.82) is 5.26 Å². The first-order valence-electron chi connectivity index (χ1n) is 6.95. The molecule has 1 aliphatic heterocycles. The second-order valence-corrected chi connectivity index (χ2v) is 5.00. The van der Waals surface area contributed by atoms with E-state index in [2.05, 4.69) is 39.7 Å². The van der Waals surface area contributed by atoms with Crippen molar-refractivity contribution in [3.05, 3.63) is 18.2 Å². The van der Waals surface area contributed by atoms with Gasteiger partial charge in [-0.2, -0.15) is 5.26 Å². The van der Waals surface area contributed by atoms with Gasteiger partial charge in [0.1, 0.15) is 12.4 Å². The molecule has 0 saturated carbocycles. The van der Waals surface area contributed by atoms with Crippen LogP contribution in [-0.2, 0) is 0 Å². The van der Waals surface area contributed by atoms with Gasteiger partial charge in [0.15, 0.2) is 5.69 Å². The van der Waals surface area contributed by atoms with Crippen molar-refractivity contribution in [2.45, 2.75) is 32.7 Å². The fourth-order valence-corrected chi connectivity index (χ4v) is 2.52. The Bertz CT molecular complexity index is 453. The quantitative estimate of drug-likeness (QED) is 0.826. The van der Waals surface area contributed by atoms with Crippen molar-refractivity contribution in [1.82, 2.24) is 14.9 Å². The van der Waals surface area contributed by atoms with Gasteiger partial charge >= 0.3 is 0 Å². The molecule has 0 amide bonds. The van der Waals surface area contributed by atoms with Crippen LogP contribution in [0.2, 0.25) is 0 Å². The summed E-state index contributed by atoms with van der Waals surface area (Å²) in [6.07, 6.45) is 5.48. The summed E-state index contributed by atoms with van der Waals surface area (Å²) in [5.41, 5.74) is 1.35. The van der Waals surface area contributed by atoms with E-state index in [4.69, 9.17) is 5.26 Å². The summed E-state index contributed by atoms with van der Waals surface area (Å²) in [4.78, 5) is 12.9. The van der Waals surface area contributed by atoms with Crippen LogP contribution in [0.25, 0.3) is 0 Å². The molecule has 0 aliphatic carbocycles. The van der Waals surface area contributed by atoms with Crippen molar-refractivity contribution in [2.24, 2.45) is 0 Å². The summed E-state index contributed by atoms with van der Waals surface area (Å²) in [5.74, 6) is 0. The van der Waals surface area contributed by atoms with Crippen LogP contribution in [0.5, 0.6) is 0 Å². The van der Waals surface area contributed by atoms with E-state index in [9.17, 15) is 0 Å². The Labute approximate surface area is 114 Å². The molecule has 2 heterocycles. The molecule has 2 rings (SSSR count). The molecule has 5 nitrogen and oxygen atoms in total. The zero-order chi connectivity index (χ0) is 13.7. The minimum absolute atomic E-state index is 0.479. The average molecular weight is 259 g/mol. The van der Waals surface area contributed by atoms with Crippen LogP contribution in [-0.4, -0.2) is 47.1 Å². The molecule has 1 atom stereocenters. The van der Waals surface area contributed by atoms with Crippen molar-refractivity contribution in [3.63, 3.8) is 0 Å². The number of nitrogens with zero attached hydrogens (tertiary/aromatic N) is 5.